The zero-order valence-electron chi connectivity index (χ0n) is 15.0. The van der Waals surface area contributed by atoms with Crippen LogP contribution in [0.3, 0.4) is 0 Å². The minimum Gasteiger partial charge on any atom is -0.343 e. The maximum atomic E-state index is 11.5. The van der Waals surface area contributed by atoms with Gasteiger partial charge in [0.1, 0.15) is 0 Å². The number of carbonyl (C=O) groups excluding carboxylic acids is 1. The van der Waals surface area contributed by atoms with Gasteiger partial charge in [0.2, 0.25) is 5.91 Å². The van der Waals surface area contributed by atoms with Crippen LogP contribution in [-0.4, -0.2) is 36.0 Å². The number of likely N-dealkylation sites (tertiary alicyclic amines) is 1. The molecular weight excluding hydrogens is 284 g/mol. The van der Waals surface area contributed by atoms with Crippen molar-refractivity contribution in [1.29, 1.82) is 0 Å². The van der Waals surface area contributed by atoms with Crippen LogP contribution in [0.4, 0.5) is 0 Å². The van der Waals surface area contributed by atoms with Gasteiger partial charge in [0.25, 0.3) is 0 Å². The number of rotatable bonds is 4. The van der Waals surface area contributed by atoms with Crippen LogP contribution in [0.15, 0.2) is 0 Å². The first-order valence-electron chi connectivity index (χ1n) is 10.1. The van der Waals surface area contributed by atoms with E-state index >= 15 is 0 Å². The molecular formula is C20H34N2O. The highest BCUT2D eigenvalue weighted by Crippen LogP contribution is 2.61. The molecule has 5 aliphatic rings. The Morgan fingerprint density at radius 2 is 1.61 bits per heavy atom. The molecule has 1 atom stereocenters. The van der Waals surface area contributed by atoms with E-state index in [1.54, 1.807) is 6.92 Å². The third-order valence-electron chi connectivity index (χ3n) is 7.61. The maximum Gasteiger partial charge on any atom is 0.219 e. The standard InChI is InChI=1S/C20H34N2O/c1-3-19(21-18-4-6-22(7-5-18)14(2)23)20-11-15-8-16(12-20)10-17(9-15)13-20/h15-19,21H,3-13H2,1-2H3/t15?,16?,17?,19-,20?/m0/s1. The summed E-state index contributed by atoms with van der Waals surface area (Å²) in [6.45, 7) is 5.99. The lowest BCUT2D eigenvalue weighted by atomic mass is 9.47. The molecule has 1 amide bonds. The van der Waals surface area contributed by atoms with Crippen molar-refractivity contribution in [3.8, 4) is 0 Å². The summed E-state index contributed by atoms with van der Waals surface area (Å²) in [5.74, 6) is 3.36. The highest BCUT2D eigenvalue weighted by Gasteiger charge is 2.53. The average molecular weight is 319 g/mol. The fourth-order valence-electron chi connectivity index (χ4n) is 6.98. The molecule has 3 heteroatoms. The summed E-state index contributed by atoms with van der Waals surface area (Å²) in [6.07, 6.45) is 12.7. The molecule has 3 nitrogen and oxygen atoms in total. The second-order valence-electron chi connectivity index (χ2n) is 9.19. The Morgan fingerprint density at radius 3 is 2.04 bits per heavy atom. The van der Waals surface area contributed by atoms with Crippen molar-refractivity contribution in [1.82, 2.24) is 10.2 Å². The molecule has 0 aromatic carbocycles. The summed E-state index contributed by atoms with van der Waals surface area (Å²) in [4.78, 5) is 13.5. The molecule has 0 radical (unpaired) electrons. The van der Waals surface area contributed by atoms with E-state index < -0.39 is 0 Å². The Kier molecular flexibility index (Phi) is 4.19. The minimum atomic E-state index is 0.247. The molecule has 1 N–H and O–H groups in total. The van der Waals surface area contributed by atoms with Gasteiger partial charge in [-0.05, 0) is 81.0 Å². The molecule has 5 fully saturated rings. The predicted molar refractivity (Wildman–Crippen MR) is 93.1 cm³/mol. The number of hydrogen-bond acceptors (Lipinski definition) is 2. The number of carbonyl (C=O) groups is 1. The van der Waals surface area contributed by atoms with Crippen molar-refractivity contribution in [3.63, 3.8) is 0 Å². The van der Waals surface area contributed by atoms with Gasteiger partial charge in [-0.15, -0.1) is 0 Å². The van der Waals surface area contributed by atoms with E-state index in [4.69, 9.17) is 0 Å². The van der Waals surface area contributed by atoms with Gasteiger partial charge in [-0.25, -0.2) is 0 Å². The molecule has 0 spiro atoms. The van der Waals surface area contributed by atoms with Crippen LogP contribution in [0.2, 0.25) is 0 Å². The summed E-state index contributed by atoms with van der Waals surface area (Å²) in [5, 5.41) is 4.08. The zero-order chi connectivity index (χ0) is 16.0. The van der Waals surface area contributed by atoms with Crippen LogP contribution in [0.5, 0.6) is 0 Å². The van der Waals surface area contributed by atoms with Gasteiger partial charge in [-0.1, -0.05) is 6.92 Å². The zero-order valence-corrected chi connectivity index (χ0v) is 15.0. The summed E-state index contributed by atoms with van der Waals surface area (Å²) in [6, 6.07) is 1.34. The van der Waals surface area contributed by atoms with Crippen LogP contribution >= 0.6 is 0 Å². The van der Waals surface area contributed by atoms with Crippen molar-refractivity contribution in [2.45, 2.75) is 83.7 Å². The lowest BCUT2D eigenvalue weighted by Gasteiger charge is -2.60. The average Bonchev–Trinajstić information content (AvgIpc) is 2.51. The molecule has 4 bridgehead atoms. The molecule has 1 heterocycles. The van der Waals surface area contributed by atoms with E-state index in [1.165, 1.54) is 44.9 Å². The Hall–Kier alpha value is -0.570. The van der Waals surface area contributed by atoms with Gasteiger partial charge in [0.05, 0.1) is 0 Å². The summed E-state index contributed by atoms with van der Waals surface area (Å²) in [7, 11) is 0. The smallest absolute Gasteiger partial charge is 0.219 e. The molecule has 0 aromatic rings. The van der Waals surface area contributed by atoms with Gasteiger partial charge >= 0.3 is 0 Å². The number of nitrogens with zero attached hydrogens (tertiary/aromatic N) is 1. The van der Waals surface area contributed by atoms with Crippen LogP contribution in [-0.2, 0) is 4.79 Å². The summed E-state index contributed by atoms with van der Waals surface area (Å²) in [5.41, 5.74) is 0.612. The molecule has 1 aliphatic heterocycles. The Morgan fingerprint density at radius 1 is 1.09 bits per heavy atom. The highest BCUT2D eigenvalue weighted by atomic mass is 16.2. The Balaban J connectivity index is 1.40. The molecule has 130 valence electrons. The topological polar surface area (TPSA) is 32.3 Å². The largest absolute Gasteiger partial charge is 0.343 e. The Labute approximate surface area is 141 Å². The second-order valence-corrected chi connectivity index (χ2v) is 9.19. The molecule has 4 saturated carbocycles. The molecule has 5 rings (SSSR count). The van der Waals surface area contributed by atoms with Crippen LogP contribution in [0.25, 0.3) is 0 Å². The molecule has 4 aliphatic carbocycles. The maximum absolute atomic E-state index is 11.5. The van der Waals surface area contributed by atoms with E-state index in [9.17, 15) is 4.79 Å². The van der Waals surface area contributed by atoms with E-state index in [0.717, 1.165) is 43.7 Å². The predicted octanol–water partition coefficient (Wildman–Crippen LogP) is 3.58. The molecule has 0 aromatic heterocycles. The van der Waals surface area contributed by atoms with E-state index in [1.807, 2.05) is 4.90 Å². The number of piperidine rings is 1. The first-order valence-corrected chi connectivity index (χ1v) is 10.1. The van der Waals surface area contributed by atoms with Crippen molar-refractivity contribution in [3.05, 3.63) is 0 Å². The molecule has 23 heavy (non-hydrogen) atoms. The molecule has 0 unspecified atom stereocenters. The number of hydrogen-bond donors (Lipinski definition) is 1. The van der Waals surface area contributed by atoms with Crippen LogP contribution in [0.1, 0.15) is 71.6 Å². The van der Waals surface area contributed by atoms with Gasteiger partial charge < -0.3 is 10.2 Å². The second kappa shape index (κ2) is 6.06. The van der Waals surface area contributed by atoms with Crippen LogP contribution < -0.4 is 5.32 Å². The minimum absolute atomic E-state index is 0.247. The van der Waals surface area contributed by atoms with Crippen molar-refractivity contribution < 1.29 is 4.79 Å². The Bertz CT molecular complexity index is 417. The van der Waals surface area contributed by atoms with Gasteiger partial charge in [-0.2, -0.15) is 0 Å². The monoisotopic (exact) mass is 318 g/mol. The fraction of sp³-hybridized carbons (Fsp3) is 0.950. The first-order chi connectivity index (χ1) is 11.1. The lowest BCUT2D eigenvalue weighted by molar-refractivity contribution is -0.130. The van der Waals surface area contributed by atoms with Gasteiger partial charge in [0, 0.05) is 32.1 Å². The quantitative estimate of drug-likeness (QED) is 0.859. The summed E-state index contributed by atoms with van der Waals surface area (Å²) >= 11 is 0. The number of amides is 1. The van der Waals surface area contributed by atoms with Gasteiger partial charge in [-0.3, -0.25) is 4.79 Å². The van der Waals surface area contributed by atoms with Crippen molar-refractivity contribution >= 4 is 5.91 Å². The van der Waals surface area contributed by atoms with E-state index in [-0.39, 0.29) is 5.91 Å². The third kappa shape index (κ3) is 2.94. The normalized spacial score (nSPS) is 41.3. The third-order valence-corrected chi connectivity index (χ3v) is 7.61. The van der Waals surface area contributed by atoms with Gasteiger partial charge in [0.15, 0.2) is 0 Å². The molecule has 1 saturated heterocycles. The highest BCUT2D eigenvalue weighted by molar-refractivity contribution is 5.73. The number of nitrogens with one attached hydrogen (secondary N) is 1. The van der Waals surface area contributed by atoms with E-state index in [0.29, 0.717) is 17.5 Å². The van der Waals surface area contributed by atoms with Crippen LogP contribution in [0, 0.1) is 23.2 Å². The first kappa shape index (κ1) is 15.9. The van der Waals surface area contributed by atoms with Crippen molar-refractivity contribution in [2.24, 2.45) is 23.2 Å². The lowest BCUT2D eigenvalue weighted by Crippen LogP contribution is -2.58. The van der Waals surface area contributed by atoms with E-state index in [2.05, 4.69) is 12.2 Å². The summed E-state index contributed by atoms with van der Waals surface area (Å²) < 4.78 is 0. The van der Waals surface area contributed by atoms with Crippen molar-refractivity contribution in [2.75, 3.05) is 13.1 Å². The SMILES string of the molecule is CC[C@H](NC1CCN(C(C)=O)CC1)C12CC3CC(CC(C3)C1)C2. The fourth-order valence-corrected chi connectivity index (χ4v) is 6.98.